The van der Waals surface area contributed by atoms with Crippen LogP contribution in [-0.4, -0.2) is 71.3 Å². The zero-order valence-corrected chi connectivity index (χ0v) is 16.3. The highest BCUT2D eigenvalue weighted by atomic mass is 32.2. The fourth-order valence-corrected chi connectivity index (χ4v) is 4.74. The number of rotatable bonds is 4. The lowest BCUT2D eigenvalue weighted by atomic mass is 10.2. The van der Waals surface area contributed by atoms with Crippen molar-refractivity contribution >= 4 is 23.6 Å². The van der Waals surface area contributed by atoms with Crippen molar-refractivity contribution < 1.29 is 14.3 Å². The number of hydrogen-bond acceptors (Lipinski definition) is 5. The zero-order chi connectivity index (χ0) is 18.1. The Bertz CT molecular complexity index is 663. The average Bonchev–Trinajstić information content (AvgIpc) is 3.05. The number of amides is 1. The maximum atomic E-state index is 12.6. The van der Waals surface area contributed by atoms with Crippen LogP contribution in [0.5, 0.6) is 0 Å². The molecule has 2 aliphatic rings. The van der Waals surface area contributed by atoms with Crippen molar-refractivity contribution in [2.75, 3.05) is 39.0 Å². The molecular weight excluding hydrogens is 338 g/mol. The lowest BCUT2D eigenvalue weighted by Gasteiger charge is -2.33. The molecule has 1 unspecified atom stereocenters. The number of ether oxygens (including phenoxy) is 1. The van der Waals surface area contributed by atoms with Crippen molar-refractivity contribution in [3.8, 4) is 0 Å². The quantitative estimate of drug-likeness (QED) is 0.766. The van der Waals surface area contributed by atoms with Gasteiger partial charge in [0.25, 0.3) is 0 Å². The fourth-order valence-electron chi connectivity index (χ4n) is 3.37. The minimum Gasteiger partial charge on any atom is -0.459 e. The van der Waals surface area contributed by atoms with Gasteiger partial charge in [0.2, 0.25) is 5.91 Å². The van der Waals surface area contributed by atoms with Crippen molar-refractivity contribution in [1.82, 2.24) is 14.4 Å². The number of carbonyl (C=O) groups is 2. The summed E-state index contributed by atoms with van der Waals surface area (Å²) in [5.74, 6) is 0.779. The summed E-state index contributed by atoms with van der Waals surface area (Å²) in [5, 5.41) is 0.944. The first-order valence-electron chi connectivity index (χ1n) is 8.88. The molecule has 1 amide bonds. The normalized spacial score (nSPS) is 20.8. The summed E-state index contributed by atoms with van der Waals surface area (Å²) in [6.45, 7) is 9.12. The molecule has 0 aliphatic carbocycles. The second kappa shape index (κ2) is 7.41. The van der Waals surface area contributed by atoms with Crippen LogP contribution in [0, 0.1) is 6.92 Å². The second-order valence-electron chi connectivity index (χ2n) is 7.21. The molecule has 1 aromatic heterocycles. The van der Waals surface area contributed by atoms with Crippen LogP contribution in [0.15, 0.2) is 11.2 Å². The van der Waals surface area contributed by atoms with E-state index in [1.165, 1.54) is 0 Å². The molecule has 1 aromatic rings. The molecule has 0 N–H and O–H groups in total. The monoisotopic (exact) mass is 365 g/mol. The number of aryl methyl sites for hydroxylation is 1. The Morgan fingerprint density at radius 3 is 2.60 bits per heavy atom. The van der Waals surface area contributed by atoms with E-state index < -0.39 is 0 Å². The molecule has 2 aliphatic heterocycles. The van der Waals surface area contributed by atoms with Gasteiger partial charge in [0.05, 0.1) is 22.7 Å². The number of carbonyl (C=O) groups excluding carboxylic acids is 2. The van der Waals surface area contributed by atoms with Gasteiger partial charge in [0.15, 0.2) is 0 Å². The molecule has 0 aromatic carbocycles. The molecule has 25 heavy (non-hydrogen) atoms. The average molecular weight is 365 g/mol. The van der Waals surface area contributed by atoms with Crippen LogP contribution in [-0.2, 0) is 9.53 Å². The van der Waals surface area contributed by atoms with E-state index in [1.807, 2.05) is 31.9 Å². The van der Waals surface area contributed by atoms with Crippen LogP contribution < -0.4 is 0 Å². The van der Waals surface area contributed by atoms with Gasteiger partial charge in [-0.15, -0.1) is 11.8 Å². The maximum absolute atomic E-state index is 12.6. The summed E-state index contributed by atoms with van der Waals surface area (Å²) in [4.78, 5) is 29.2. The molecule has 0 bridgehead atoms. The number of esters is 1. The van der Waals surface area contributed by atoms with Gasteiger partial charge in [-0.1, -0.05) is 0 Å². The first-order chi connectivity index (χ1) is 11.9. The third-order valence-electron chi connectivity index (χ3n) is 4.79. The fraction of sp³-hybridized carbons (Fsp3) is 0.667. The summed E-state index contributed by atoms with van der Waals surface area (Å²) in [7, 11) is 2.09. The largest absolute Gasteiger partial charge is 0.459 e. The molecule has 1 atom stereocenters. The third-order valence-corrected chi connectivity index (χ3v) is 6.03. The minimum absolute atomic E-state index is 0.117. The van der Waals surface area contributed by atoms with Gasteiger partial charge in [-0.2, -0.15) is 0 Å². The molecular formula is C18H27N3O3S. The number of hydrogen-bond donors (Lipinski definition) is 0. The van der Waals surface area contributed by atoms with Crippen molar-refractivity contribution in [3.05, 3.63) is 17.3 Å². The van der Waals surface area contributed by atoms with Crippen LogP contribution in [0.1, 0.15) is 42.2 Å². The Morgan fingerprint density at radius 1 is 1.28 bits per heavy atom. The number of piperazine rings is 1. The minimum atomic E-state index is -0.264. The Kier molecular flexibility index (Phi) is 5.43. The van der Waals surface area contributed by atoms with Gasteiger partial charge in [0, 0.05) is 44.5 Å². The summed E-state index contributed by atoms with van der Waals surface area (Å²) in [6.07, 6.45) is 2.36. The molecule has 1 fully saturated rings. The molecule has 0 radical (unpaired) electrons. The summed E-state index contributed by atoms with van der Waals surface area (Å²) in [6, 6.07) is 0.117. The zero-order valence-electron chi connectivity index (χ0n) is 15.4. The Morgan fingerprint density at radius 2 is 1.96 bits per heavy atom. The first-order valence-corrected chi connectivity index (χ1v) is 9.87. The molecule has 7 heteroatoms. The van der Waals surface area contributed by atoms with Gasteiger partial charge >= 0.3 is 5.97 Å². The van der Waals surface area contributed by atoms with E-state index in [1.54, 1.807) is 11.8 Å². The molecule has 0 spiro atoms. The topological polar surface area (TPSA) is 54.8 Å². The number of aromatic nitrogens is 1. The standard InChI is InChI=1S/C18H27N3O3S/c1-12(2)24-18(23)16-13(3)10-21-14(11-25-17(16)21)9-15(22)20-7-5-19(4)6-8-20/h10,12,14H,5-9,11H2,1-4H3. The highest BCUT2D eigenvalue weighted by molar-refractivity contribution is 7.99. The van der Waals surface area contributed by atoms with E-state index in [2.05, 4.69) is 16.5 Å². The predicted molar refractivity (Wildman–Crippen MR) is 98.2 cm³/mol. The number of nitrogens with zero attached hydrogens (tertiary/aromatic N) is 3. The number of thioether (sulfide) groups is 1. The van der Waals surface area contributed by atoms with Gasteiger partial charge in [-0.05, 0) is 33.4 Å². The Labute approximate surface area is 153 Å². The summed E-state index contributed by atoms with van der Waals surface area (Å²) >= 11 is 1.65. The molecule has 3 rings (SSSR count). The van der Waals surface area contributed by atoms with E-state index in [-0.39, 0.29) is 24.0 Å². The Hall–Kier alpha value is -1.47. The van der Waals surface area contributed by atoms with Crippen LogP contribution >= 0.6 is 11.8 Å². The van der Waals surface area contributed by atoms with E-state index in [0.29, 0.717) is 12.0 Å². The van der Waals surface area contributed by atoms with Gasteiger partial charge in [0.1, 0.15) is 0 Å². The lowest BCUT2D eigenvalue weighted by Crippen LogP contribution is -2.47. The smallest absolute Gasteiger partial charge is 0.341 e. The van der Waals surface area contributed by atoms with Crippen molar-refractivity contribution in [2.24, 2.45) is 0 Å². The van der Waals surface area contributed by atoms with Gasteiger partial charge in [-0.3, -0.25) is 4.79 Å². The second-order valence-corrected chi connectivity index (χ2v) is 8.22. The van der Waals surface area contributed by atoms with Crippen molar-refractivity contribution in [1.29, 1.82) is 0 Å². The molecule has 3 heterocycles. The molecule has 1 saturated heterocycles. The highest BCUT2D eigenvalue weighted by Gasteiger charge is 2.33. The van der Waals surface area contributed by atoms with E-state index in [0.717, 1.165) is 42.5 Å². The highest BCUT2D eigenvalue weighted by Crippen LogP contribution is 2.40. The summed E-state index contributed by atoms with van der Waals surface area (Å²) < 4.78 is 7.48. The van der Waals surface area contributed by atoms with Crippen molar-refractivity contribution in [3.63, 3.8) is 0 Å². The van der Waals surface area contributed by atoms with Crippen LogP contribution in [0.25, 0.3) is 0 Å². The third kappa shape index (κ3) is 3.87. The number of likely N-dealkylation sites (N-methyl/N-ethyl adjacent to an activating group) is 1. The van der Waals surface area contributed by atoms with Crippen LogP contribution in [0.3, 0.4) is 0 Å². The Balaban J connectivity index is 1.70. The summed E-state index contributed by atoms with van der Waals surface area (Å²) in [5.41, 5.74) is 1.58. The van der Waals surface area contributed by atoms with E-state index >= 15 is 0 Å². The first kappa shape index (κ1) is 18.3. The molecule has 0 saturated carbocycles. The van der Waals surface area contributed by atoms with Crippen LogP contribution in [0.2, 0.25) is 0 Å². The SMILES string of the molecule is Cc1cn2c(c1C(=O)OC(C)C)SCC2CC(=O)N1CCN(C)CC1. The van der Waals surface area contributed by atoms with Crippen LogP contribution in [0.4, 0.5) is 0 Å². The van der Waals surface area contributed by atoms with E-state index in [4.69, 9.17) is 4.74 Å². The predicted octanol–water partition coefficient (Wildman–Crippen LogP) is 2.17. The molecule has 138 valence electrons. The van der Waals surface area contributed by atoms with Crippen molar-refractivity contribution in [2.45, 2.75) is 44.4 Å². The molecule has 6 nitrogen and oxygen atoms in total. The van der Waals surface area contributed by atoms with Gasteiger partial charge < -0.3 is 19.1 Å². The number of fused-ring (bicyclic) bond motifs is 1. The maximum Gasteiger partial charge on any atom is 0.341 e. The van der Waals surface area contributed by atoms with Gasteiger partial charge in [-0.25, -0.2) is 4.79 Å². The van der Waals surface area contributed by atoms with E-state index in [9.17, 15) is 9.59 Å². The lowest BCUT2D eigenvalue weighted by molar-refractivity contribution is -0.133.